The first-order chi connectivity index (χ1) is 8.34. The van der Waals surface area contributed by atoms with Crippen LogP contribution in [0.25, 0.3) is 10.9 Å². The summed E-state index contributed by atoms with van der Waals surface area (Å²) in [5, 5.41) is 1.01. The Hall–Kier alpha value is -2.14. The normalized spacial score (nSPS) is 10.6. The van der Waals surface area contributed by atoms with Gasteiger partial charge in [-0.15, -0.1) is 0 Å². The molecule has 2 heterocycles. The number of pyridine rings is 1. The molecule has 82 valence electrons. The van der Waals surface area contributed by atoms with E-state index in [1.54, 1.807) is 18.3 Å². The van der Waals surface area contributed by atoms with E-state index in [-0.39, 0.29) is 5.78 Å². The number of rotatable bonds is 2. The lowest BCUT2D eigenvalue weighted by atomic mass is 10.1. The van der Waals surface area contributed by atoms with E-state index in [9.17, 15) is 4.79 Å². The number of nitrogens with zero attached hydrogens (tertiary/aromatic N) is 3. The van der Waals surface area contributed by atoms with Crippen LogP contribution in [0.15, 0.2) is 42.7 Å². The fourth-order valence-electron chi connectivity index (χ4n) is 1.62. The molecule has 0 aliphatic rings. The van der Waals surface area contributed by atoms with Crippen molar-refractivity contribution in [2.24, 2.45) is 0 Å². The van der Waals surface area contributed by atoms with E-state index in [4.69, 9.17) is 0 Å². The molecule has 0 saturated heterocycles. The van der Waals surface area contributed by atoms with E-state index in [0.29, 0.717) is 11.3 Å². The highest BCUT2D eigenvalue weighted by Crippen LogP contribution is 2.15. The standard InChI is InChI=1S/C12H7N3OS/c16-12(11-7-14-17-15-11)9-4-3-8-2-1-5-13-10(8)6-9/h1-7H. The van der Waals surface area contributed by atoms with E-state index < -0.39 is 0 Å². The second kappa shape index (κ2) is 4.03. The number of fused-ring (bicyclic) bond motifs is 1. The van der Waals surface area contributed by atoms with Crippen molar-refractivity contribution in [2.75, 3.05) is 0 Å². The maximum Gasteiger partial charge on any atom is 0.214 e. The van der Waals surface area contributed by atoms with Crippen LogP contribution in [0.1, 0.15) is 16.1 Å². The summed E-state index contributed by atoms with van der Waals surface area (Å²) in [7, 11) is 0. The van der Waals surface area contributed by atoms with Gasteiger partial charge in [-0.2, -0.15) is 8.75 Å². The quantitative estimate of drug-likeness (QED) is 0.646. The van der Waals surface area contributed by atoms with E-state index in [1.807, 2.05) is 18.2 Å². The smallest absolute Gasteiger partial charge is 0.214 e. The van der Waals surface area contributed by atoms with Crippen molar-refractivity contribution < 1.29 is 4.79 Å². The minimum atomic E-state index is -0.119. The summed E-state index contributed by atoms with van der Waals surface area (Å²) >= 11 is 1.03. The van der Waals surface area contributed by atoms with Gasteiger partial charge in [0.15, 0.2) is 0 Å². The molecule has 1 aromatic carbocycles. The van der Waals surface area contributed by atoms with Crippen molar-refractivity contribution in [3.05, 3.63) is 54.0 Å². The van der Waals surface area contributed by atoms with Gasteiger partial charge in [0.1, 0.15) is 5.69 Å². The molecule has 0 spiro atoms. The van der Waals surface area contributed by atoms with E-state index in [1.165, 1.54) is 6.20 Å². The molecule has 0 fully saturated rings. The van der Waals surface area contributed by atoms with Gasteiger partial charge in [-0.05, 0) is 12.1 Å². The zero-order valence-electron chi connectivity index (χ0n) is 8.70. The second-order valence-electron chi connectivity index (χ2n) is 3.53. The molecule has 2 aromatic heterocycles. The lowest BCUT2D eigenvalue weighted by molar-refractivity contribution is 0.103. The highest BCUT2D eigenvalue weighted by molar-refractivity contribution is 6.99. The van der Waals surface area contributed by atoms with Crippen LogP contribution in [0.5, 0.6) is 0 Å². The average Bonchev–Trinajstić information content (AvgIpc) is 2.91. The number of aromatic nitrogens is 3. The Kier molecular flexibility index (Phi) is 2.38. The minimum absolute atomic E-state index is 0.119. The Morgan fingerprint density at radius 2 is 2.18 bits per heavy atom. The molecule has 17 heavy (non-hydrogen) atoms. The van der Waals surface area contributed by atoms with E-state index in [0.717, 1.165) is 22.6 Å². The third-order valence-corrected chi connectivity index (χ3v) is 2.94. The largest absolute Gasteiger partial charge is 0.287 e. The van der Waals surface area contributed by atoms with Crippen molar-refractivity contribution in [1.29, 1.82) is 0 Å². The third kappa shape index (κ3) is 1.81. The Morgan fingerprint density at radius 1 is 1.24 bits per heavy atom. The number of carbonyl (C=O) groups excluding carboxylic acids is 1. The van der Waals surface area contributed by atoms with Crippen LogP contribution < -0.4 is 0 Å². The number of ketones is 1. The highest BCUT2D eigenvalue weighted by atomic mass is 32.1. The van der Waals surface area contributed by atoms with Crippen LogP contribution in [-0.2, 0) is 0 Å². The topological polar surface area (TPSA) is 55.7 Å². The summed E-state index contributed by atoms with van der Waals surface area (Å²) in [6.45, 7) is 0. The van der Waals surface area contributed by atoms with Gasteiger partial charge in [-0.3, -0.25) is 9.78 Å². The summed E-state index contributed by atoms with van der Waals surface area (Å²) in [5.41, 5.74) is 1.77. The molecule has 0 N–H and O–H groups in total. The monoisotopic (exact) mass is 241 g/mol. The predicted octanol–water partition coefficient (Wildman–Crippen LogP) is 2.32. The van der Waals surface area contributed by atoms with Gasteiger partial charge in [-0.1, -0.05) is 18.2 Å². The Morgan fingerprint density at radius 3 is 3.00 bits per heavy atom. The van der Waals surface area contributed by atoms with Crippen molar-refractivity contribution in [3.63, 3.8) is 0 Å². The van der Waals surface area contributed by atoms with Crippen molar-refractivity contribution in [2.45, 2.75) is 0 Å². The fraction of sp³-hybridized carbons (Fsp3) is 0. The Labute approximate surface area is 101 Å². The van der Waals surface area contributed by atoms with Crippen LogP contribution in [0.4, 0.5) is 0 Å². The molecular formula is C12H7N3OS. The SMILES string of the molecule is O=C(c1ccc2cccnc2c1)c1cnsn1. The maximum absolute atomic E-state index is 12.0. The van der Waals surface area contributed by atoms with E-state index in [2.05, 4.69) is 13.7 Å². The first-order valence-corrected chi connectivity index (χ1v) is 5.75. The lowest BCUT2D eigenvalue weighted by Crippen LogP contribution is -2.01. The molecule has 4 nitrogen and oxygen atoms in total. The molecule has 0 atom stereocenters. The number of hydrogen-bond acceptors (Lipinski definition) is 5. The van der Waals surface area contributed by atoms with Gasteiger partial charge < -0.3 is 0 Å². The summed E-state index contributed by atoms with van der Waals surface area (Å²) in [5.74, 6) is -0.119. The highest BCUT2D eigenvalue weighted by Gasteiger charge is 2.12. The molecule has 0 radical (unpaired) electrons. The summed E-state index contributed by atoms with van der Waals surface area (Å²) in [4.78, 5) is 16.2. The van der Waals surface area contributed by atoms with Gasteiger partial charge in [0.2, 0.25) is 5.78 Å². The fourth-order valence-corrected chi connectivity index (χ4v) is 2.03. The van der Waals surface area contributed by atoms with Gasteiger partial charge in [0.25, 0.3) is 0 Å². The van der Waals surface area contributed by atoms with Gasteiger partial charge in [0.05, 0.1) is 23.4 Å². The molecule has 3 aromatic rings. The first-order valence-electron chi connectivity index (χ1n) is 5.01. The van der Waals surface area contributed by atoms with Crippen molar-refractivity contribution in [1.82, 2.24) is 13.7 Å². The molecule has 0 aliphatic heterocycles. The summed E-state index contributed by atoms with van der Waals surface area (Å²) < 4.78 is 7.76. The summed E-state index contributed by atoms with van der Waals surface area (Å²) in [6.07, 6.45) is 3.19. The Bertz CT molecular complexity index is 679. The number of carbonyl (C=O) groups is 1. The van der Waals surface area contributed by atoms with Crippen molar-refractivity contribution in [3.8, 4) is 0 Å². The number of benzene rings is 1. The minimum Gasteiger partial charge on any atom is -0.287 e. The average molecular weight is 241 g/mol. The zero-order valence-corrected chi connectivity index (χ0v) is 9.52. The van der Waals surface area contributed by atoms with Crippen LogP contribution >= 0.6 is 11.7 Å². The molecule has 0 unspecified atom stereocenters. The molecular weight excluding hydrogens is 234 g/mol. The summed E-state index contributed by atoms with van der Waals surface area (Å²) in [6, 6.07) is 9.27. The third-order valence-electron chi connectivity index (χ3n) is 2.46. The molecule has 0 bridgehead atoms. The van der Waals surface area contributed by atoms with Crippen LogP contribution in [0.2, 0.25) is 0 Å². The molecule has 5 heteroatoms. The maximum atomic E-state index is 12.0. The first kappa shape index (κ1) is 10.0. The molecule has 0 amide bonds. The Balaban J connectivity index is 2.09. The van der Waals surface area contributed by atoms with Gasteiger partial charge in [-0.25, -0.2) is 0 Å². The van der Waals surface area contributed by atoms with Crippen LogP contribution in [0, 0.1) is 0 Å². The van der Waals surface area contributed by atoms with Gasteiger partial charge in [0, 0.05) is 17.1 Å². The number of hydrogen-bond donors (Lipinski definition) is 0. The second-order valence-corrected chi connectivity index (χ2v) is 4.09. The van der Waals surface area contributed by atoms with E-state index >= 15 is 0 Å². The molecule has 0 saturated carbocycles. The van der Waals surface area contributed by atoms with Gasteiger partial charge >= 0.3 is 0 Å². The lowest BCUT2D eigenvalue weighted by Gasteiger charge is -2.00. The zero-order chi connectivity index (χ0) is 11.7. The van der Waals surface area contributed by atoms with Crippen molar-refractivity contribution >= 4 is 28.4 Å². The van der Waals surface area contributed by atoms with Crippen LogP contribution in [0.3, 0.4) is 0 Å². The van der Waals surface area contributed by atoms with Crippen LogP contribution in [-0.4, -0.2) is 19.5 Å². The molecule has 0 aliphatic carbocycles. The molecule has 3 rings (SSSR count). The predicted molar refractivity (Wildman–Crippen MR) is 65.1 cm³/mol.